The van der Waals surface area contributed by atoms with E-state index in [1.165, 1.54) is 19.1 Å². The van der Waals surface area contributed by atoms with Gasteiger partial charge in [0.1, 0.15) is 16.4 Å². The van der Waals surface area contributed by atoms with Crippen LogP contribution in [0.4, 0.5) is 5.13 Å². The second kappa shape index (κ2) is 8.87. The number of nitrogens with zero attached hydrogens (tertiary/aromatic N) is 2. The number of rotatable bonds is 5. The number of aliphatic hydroxyl groups is 1. The number of aromatic nitrogens is 1. The van der Waals surface area contributed by atoms with Gasteiger partial charge in [0.05, 0.1) is 31.5 Å². The van der Waals surface area contributed by atoms with Gasteiger partial charge in [-0.05, 0) is 24.6 Å². The third kappa shape index (κ3) is 3.87. The van der Waals surface area contributed by atoms with E-state index in [2.05, 4.69) is 4.98 Å². The number of amides is 1. The molecule has 1 N–H and O–H groups in total. The molecule has 9 heteroatoms. The maximum atomic E-state index is 13.2. The zero-order valence-corrected chi connectivity index (χ0v) is 18.9. The largest absolute Gasteiger partial charge is 0.507 e. The lowest BCUT2D eigenvalue weighted by atomic mass is 9.95. The molecular formula is C24H20N2O6S. The number of anilines is 1. The van der Waals surface area contributed by atoms with Gasteiger partial charge in [0, 0.05) is 5.56 Å². The molecule has 4 rings (SSSR count). The number of thiazole rings is 1. The van der Waals surface area contributed by atoms with Gasteiger partial charge in [0.2, 0.25) is 0 Å². The Morgan fingerprint density at radius 1 is 1.09 bits per heavy atom. The molecule has 0 aliphatic carbocycles. The number of benzene rings is 2. The van der Waals surface area contributed by atoms with Gasteiger partial charge in [0.15, 0.2) is 5.13 Å². The van der Waals surface area contributed by atoms with Crippen LogP contribution in [0.5, 0.6) is 5.75 Å². The van der Waals surface area contributed by atoms with Crippen LogP contribution in [-0.2, 0) is 14.3 Å². The van der Waals surface area contributed by atoms with Crippen molar-refractivity contribution in [2.75, 3.05) is 19.1 Å². The lowest BCUT2D eigenvalue weighted by molar-refractivity contribution is -0.132. The van der Waals surface area contributed by atoms with Crippen molar-refractivity contribution in [3.8, 4) is 5.75 Å². The van der Waals surface area contributed by atoms with Crippen LogP contribution < -0.4 is 9.64 Å². The van der Waals surface area contributed by atoms with Gasteiger partial charge in [-0.1, -0.05) is 53.8 Å². The Bertz CT molecular complexity index is 1280. The van der Waals surface area contributed by atoms with Crippen molar-refractivity contribution in [3.05, 3.63) is 81.9 Å². The van der Waals surface area contributed by atoms with Gasteiger partial charge in [-0.25, -0.2) is 9.78 Å². The van der Waals surface area contributed by atoms with E-state index < -0.39 is 23.7 Å². The Morgan fingerprint density at radius 3 is 2.48 bits per heavy atom. The Labute approximate surface area is 193 Å². The number of ketones is 1. The van der Waals surface area contributed by atoms with E-state index in [0.29, 0.717) is 22.6 Å². The summed E-state index contributed by atoms with van der Waals surface area (Å²) in [4.78, 5) is 44.2. The first-order valence-corrected chi connectivity index (χ1v) is 10.7. The maximum absolute atomic E-state index is 13.2. The third-order valence-electron chi connectivity index (χ3n) is 5.27. The maximum Gasteiger partial charge on any atom is 0.350 e. The smallest absolute Gasteiger partial charge is 0.350 e. The van der Waals surface area contributed by atoms with Crippen LogP contribution in [-0.4, -0.2) is 42.0 Å². The number of aliphatic hydroxyl groups excluding tert-OH is 1. The molecule has 3 aromatic rings. The average molecular weight is 464 g/mol. The third-order valence-corrected chi connectivity index (χ3v) is 6.40. The van der Waals surface area contributed by atoms with Crippen LogP contribution in [0.15, 0.2) is 60.2 Å². The first kappa shape index (κ1) is 22.2. The number of carbonyl (C=O) groups excluding carboxylic acids is 3. The summed E-state index contributed by atoms with van der Waals surface area (Å²) in [5.74, 6) is -2.12. The number of hydrogen-bond acceptors (Lipinski definition) is 8. The number of ether oxygens (including phenoxy) is 2. The first-order valence-electron chi connectivity index (χ1n) is 9.93. The number of aryl methyl sites for hydroxylation is 1. The van der Waals surface area contributed by atoms with Crippen molar-refractivity contribution in [2.45, 2.75) is 13.0 Å². The normalized spacial score (nSPS) is 17.3. The van der Waals surface area contributed by atoms with E-state index in [-0.39, 0.29) is 21.3 Å². The summed E-state index contributed by atoms with van der Waals surface area (Å²) < 4.78 is 10.0. The first-order chi connectivity index (χ1) is 15.9. The van der Waals surface area contributed by atoms with Gasteiger partial charge in [0.25, 0.3) is 5.78 Å². The van der Waals surface area contributed by atoms with Gasteiger partial charge in [-0.2, -0.15) is 0 Å². The molecule has 1 aliphatic rings. The molecule has 168 valence electrons. The highest BCUT2D eigenvalue weighted by Gasteiger charge is 2.48. The number of carbonyl (C=O) groups is 3. The molecule has 1 amide bonds. The highest BCUT2D eigenvalue weighted by Crippen LogP contribution is 2.44. The number of esters is 1. The zero-order valence-electron chi connectivity index (χ0n) is 18.1. The van der Waals surface area contributed by atoms with Crippen molar-refractivity contribution in [1.29, 1.82) is 0 Å². The SMILES string of the molecule is COC(=O)c1sc(N2C(=O)C(=O)C(=C(O)c3cccc(OC)c3)C2c2ccccc2)nc1C. The standard InChI is InChI=1S/C24H20N2O6S/c1-13-21(23(30)32-3)33-24(25-13)26-18(14-8-5-4-6-9-14)17(20(28)22(26)29)19(27)15-10-7-11-16(12-15)31-2/h4-12,18,27H,1-3H3. The predicted octanol–water partition coefficient (Wildman–Crippen LogP) is 3.87. The Kier molecular flexibility index (Phi) is 5.97. The summed E-state index contributed by atoms with van der Waals surface area (Å²) in [6.45, 7) is 1.62. The molecule has 0 saturated carbocycles. The van der Waals surface area contributed by atoms with E-state index in [9.17, 15) is 19.5 Å². The molecule has 1 saturated heterocycles. The lowest BCUT2D eigenvalue weighted by Crippen LogP contribution is -2.29. The molecule has 0 radical (unpaired) electrons. The van der Waals surface area contributed by atoms with E-state index in [1.807, 2.05) is 0 Å². The van der Waals surface area contributed by atoms with Gasteiger partial charge >= 0.3 is 11.9 Å². The molecular weight excluding hydrogens is 444 g/mol. The van der Waals surface area contributed by atoms with Crippen LogP contribution in [0, 0.1) is 6.92 Å². The minimum absolute atomic E-state index is 0.0769. The molecule has 0 bridgehead atoms. The molecule has 1 fully saturated rings. The summed E-state index contributed by atoms with van der Waals surface area (Å²) in [5.41, 5.74) is 1.24. The molecule has 1 aliphatic heterocycles. The van der Waals surface area contributed by atoms with E-state index in [4.69, 9.17) is 9.47 Å². The Hall–Kier alpha value is -3.98. The van der Waals surface area contributed by atoms with Crippen LogP contribution >= 0.6 is 11.3 Å². The number of methoxy groups -OCH3 is 2. The van der Waals surface area contributed by atoms with E-state index in [1.54, 1.807) is 61.5 Å². The Balaban J connectivity index is 1.92. The van der Waals surface area contributed by atoms with Crippen molar-refractivity contribution >= 4 is 39.9 Å². The molecule has 1 unspecified atom stereocenters. The van der Waals surface area contributed by atoms with Crippen molar-refractivity contribution < 1.29 is 29.0 Å². The molecule has 1 aromatic heterocycles. The van der Waals surface area contributed by atoms with Crippen molar-refractivity contribution in [1.82, 2.24) is 4.98 Å². The van der Waals surface area contributed by atoms with Crippen LogP contribution in [0.2, 0.25) is 0 Å². The molecule has 2 heterocycles. The monoisotopic (exact) mass is 464 g/mol. The van der Waals surface area contributed by atoms with Crippen LogP contribution in [0.1, 0.15) is 32.5 Å². The lowest BCUT2D eigenvalue weighted by Gasteiger charge is -2.23. The minimum Gasteiger partial charge on any atom is -0.507 e. The summed E-state index contributed by atoms with van der Waals surface area (Å²) in [6.07, 6.45) is 0. The quantitative estimate of drug-likeness (QED) is 0.264. The Morgan fingerprint density at radius 2 is 1.82 bits per heavy atom. The van der Waals surface area contributed by atoms with Crippen molar-refractivity contribution in [2.24, 2.45) is 0 Å². The summed E-state index contributed by atoms with van der Waals surface area (Å²) in [6, 6.07) is 14.5. The molecule has 0 spiro atoms. The molecule has 33 heavy (non-hydrogen) atoms. The van der Waals surface area contributed by atoms with E-state index in [0.717, 1.165) is 11.3 Å². The van der Waals surface area contributed by atoms with Crippen molar-refractivity contribution in [3.63, 3.8) is 0 Å². The van der Waals surface area contributed by atoms with Crippen LogP contribution in [0.3, 0.4) is 0 Å². The second-order valence-corrected chi connectivity index (χ2v) is 8.19. The summed E-state index contributed by atoms with van der Waals surface area (Å²) >= 11 is 0.952. The van der Waals surface area contributed by atoms with Gasteiger partial charge in [-0.15, -0.1) is 0 Å². The zero-order chi connectivity index (χ0) is 23.7. The van der Waals surface area contributed by atoms with Gasteiger partial charge < -0.3 is 14.6 Å². The number of Topliss-reactive ketones (excluding diaryl/α,β-unsaturated/α-hetero) is 1. The van der Waals surface area contributed by atoms with Crippen LogP contribution in [0.25, 0.3) is 5.76 Å². The highest BCUT2D eigenvalue weighted by molar-refractivity contribution is 7.17. The van der Waals surface area contributed by atoms with Gasteiger partial charge in [-0.3, -0.25) is 14.5 Å². The fourth-order valence-corrected chi connectivity index (χ4v) is 4.69. The summed E-state index contributed by atoms with van der Waals surface area (Å²) in [5, 5.41) is 11.3. The van der Waals surface area contributed by atoms with E-state index >= 15 is 0 Å². The number of hydrogen-bond donors (Lipinski definition) is 1. The molecule has 1 atom stereocenters. The molecule has 8 nitrogen and oxygen atoms in total. The summed E-state index contributed by atoms with van der Waals surface area (Å²) in [7, 11) is 2.75. The average Bonchev–Trinajstić information content (AvgIpc) is 3.35. The minimum atomic E-state index is -0.937. The fourth-order valence-electron chi connectivity index (χ4n) is 3.67. The fraction of sp³-hybridized carbons (Fsp3) is 0.167. The molecule has 2 aromatic carbocycles. The highest BCUT2D eigenvalue weighted by atomic mass is 32.1. The topological polar surface area (TPSA) is 106 Å². The second-order valence-electron chi connectivity index (χ2n) is 7.21. The predicted molar refractivity (Wildman–Crippen MR) is 122 cm³/mol.